The Morgan fingerprint density at radius 1 is 1.30 bits per heavy atom. The first-order valence-corrected chi connectivity index (χ1v) is 7.25. The molecule has 0 radical (unpaired) electrons. The maximum atomic E-state index is 12.1. The van der Waals surface area contributed by atoms with Crippen molar-refractivity contribution in [2.24, 2.45) is 0 Å². The van der Waals surface area contributed by atoms with Crippen molar-refractivity contribution in [1.29, 1.82) is 0 Å². The van der Waals surface area contributed by atoms with E-state index in [1.807, 2.05) is 13.8 Å². The molecule has 0 aliphatic heterocycles. The van der Waals surface area contributed by atoms with Crippen molar-refractivity contribution in [2.45, 2.75) is 65.0 Å². The van der Waals surface area contributed by atoms with Crippen molar-refractivity contribution in [3.63, 3.8) is 0 Å². The Labute approximate surface area is 118 Å². The summed E-state index contributed by atoms with van der Waals surface area (Å²) in [6, 6.07) is -0.188. The van der Waals surface area contributed by atoms with Crippen molar-refractivity contribution in [1.82, 2.24) is 19.8 Å². The number of aryl methyl sites for hydroxylation is 1. The van der Waals surface area contributed by atoms with Gasteiger partial charge in [0.15, 0.2) is 5.82 Å². The lowest BCUT2D eigenvalue weighted by atomic mass is 9.96. The highest BCUT2D eigenvalue weighted by atomic mass is 16.2. The second kappa shape index (κ2) is 6.11. The van der Waals surface area contributed by atoms with Crippen LogP contribution in [-0.2, 0) is 0 Å². The molecule has 1 fully saturated rings. The molecule has 0 atom stereocenters. The number of hydrogen-bond acceptors (Lipinski definition) is 4. The van der Waals surface area contributed by atoms with E-state index >= 15 is 0 Å². The Morgan fingerprint density at radius 3 is 2.55 bits per heavy atom. The Kier molecular flexibility index (Phi) is 4.46. The van der Waals surface area contributed by atoms with E-state index in [4.69, 9.17) is 0 Å². The zero-order valence-corrected chi connectivity index (χ0v) is 12.3. The molecule has 1 aromatic rings. The van der Waals surface area contributed by atoms with Gasteiger partial charge in [-0.05, 0) is 33.6 Å². The Hall–Kier alpha value is -1.79. The lowest BCUT2D eigenvalue weighted by Gasteiger charge is -2.22. The van der Waals surface area contributed by atoms with Crippen LogP contribution in [0.5, 0.6) is 0 Å². The largest absolute Gasteiger partial charge is 0.373 e. The number of nitrogens with zero attached hydrogens (tertiary/aromatic N) is 3. The molecule has 1 aliphatic carbocycles. The number of aromatic nitrogens is 3. The van der Waals surface area contributed by atoms with Crippen molar-refractivity contribution in [2.75, 3.05) is 5.43 Å². The molecule has 1 saturated carbocycles. The summed E-state index contributed by atoms with van der Waals surface area (Å²) >= 11 is 0. The quantitative estimate of drug-likeness (QED) is 0.872. The van der Waals surface area contributed by atoms with E-state index in [9.17, 15) is 9.59 Å². The fourth-order valence-electron chi connectivity index (χ4n) is 2.49. The predicted molar refractivity (Wildman–Crippen MR) is 76.5 cm³/mol. The number of carbonyl (C=O) groups excluding carboxylic acids is 1. The van der Waals surface area contributed by atoms with Gasteiger partial charge in [-0.1, -0.05) is 19.3 Å². The number of nitrogens with one attached hydrogen (secondary N) is 2. The second-order valence-corrected chi connectivity index (χ2v) is 5.65. The van der Waals surface area contributed by atoms with Gasteiger partial charge in [0.05, 0.1) is 0 Å². The predicted octanol–water partition coefficient (Wildman–Crippen LogP) is 1.20. The Bertz CT molecular complexity index is 525. The van der Waals surface area contributed by atoms with E-state index < -0.39 is 11.7 Å². The van der Waals surface area contributed by atoms with E-state index in [1.54, 1.807) is 6.92 Å². The maximum Gasteiger partial charge on any atom is 0.373 e. The standard InChI is InChI=1S/C13H23N5O2/c1-9(2)15-17-10(3)16-18(13(17)20)12(19)14-11-7-5-4-6-8-11/h9,11,15H,4-8H2,1-3H3,(H,14,19). The first kappa shape index (κ1) is 14.6. The summed E-state index contributed by atoms with van der Waals surface area (Å²) in [5.74, 6) is 0.475. The molecule has 0 bridgehead atoms. The zero-order valence-electron chi connectivity index (χ0n) is 12.3. The first-order valence-electron chi connectivity index (χ1n) is 7.25. The van der Waals surface area contributed by atoms with Gasteiger partial charge >= 0.3 is 11.7 Å². The summed E-state index contributed by atoms with van der Waals surface area (Å²) < 4.78 is 2.21. The normalized spacial score (nSPS) is 16.4. The van der Waals surface area contributed by atoms with Crippen LogP contribution in [-0.4, -0.2) is 32.6 Å². The fourth-order valence-corrected chi connectivity index (χ4v) is 2.49. The average Bonchev–Trinajstić information content (AvgIpc) is 2.67. The van der Waals surface area contributed by atoms with E-state index in [0.717, 1.165) is 30.4 Å². The summed E-state index contributed by atoms with van der Waals surface area (Å²) in [6.07, 6.45) is 5.43. The van der Waals surface area contributed by atoms with Gasteiger partial charge in [0, 0.05) is 12.1 Å². The van der Waals surface area contributed by atoms with Gasteiger partial charge < -0.3 is 10.7 Å². The Balaban J connectivity index is 2.11. The van der Waals surface area contributed by atoms with Gasteiger partial charge in [0.25, 0.3) is 0 Å². The van der Waals surface area contributed by atoms with Gasteiger partial charge in [-0.25, -0.2) is 9.59 Å². The minimum Gasteiger partial charge on any atom is -0.333 e. The van der Waals surface area contributed by atoms with E-state index in [2.05, 4.69) is 15.8 Å². The van der Waals surface area contributed by atoms with Crippen LogP contribution in [0.25, 0.3) is 0 Å². The summed E-state index contributed by atoms with van der Waals surface area (Å²) in [5.41, 5.74) is 2.51. The number of rotatable bonds is 3. The van der Waals surface area contributed by atoms with E-state index in [-0.39, 0.29) is 12.1 Å². The molecule has 1 heterocycles. The van der Waals surface area contributed by atoms with Crippen LogP contribution < -0.4 is 16.4 Å². The highest BCUT2D eigenvalue weighted by Gasteiger charge is 2.20. The molecule has 1 aromatic heterocycles. The molecule has 7 nitrogen and oxygen atoms in total. The molecule has 0 aromatic carbocycles. The van der Waals surface area contributed by atoms with Crippen LogP contribution in [0.1, 0.15) is 51.8 Å². The molecule has 0 unspecified atom stereocenters. The SMILES string of the molecule is Cc1nn(C(=O)NC2CCCCC2)c(=O)n1NC(C)C. The molecule has 7 heteroatoms. The molecule has 0 spiro atoms. The third-order valence-corrected chi connectivity index (χ3v) is 3.45. The zero-order chi connectivity index (χ0) is 14.7. The third kappa shape index (κ3) is 3.20. The van der Waals surface area contributed by atoms with Gasteiger partial charge in [-0.2, -0.15) is 4.68 Å². The monoisotopic (exact) mass is 281 g/mol. The molecular formula is C13H23N5O2. The molecule has 1 amide bonds. The molecule has 20 heavy (non-hydrogen) atoms. The topological polar surface area (TPSA) is 81.0 Å². The highest BCUT2D eigenvalue weighted by molar-refractivity contribution is 5.75. The summed E-state index contributed by atoms with van der Waals surface area (Å²) in [5, 5.41) is 6.91. The lowest BCUT2D eigenvalue weighted by Crippen LogP contribution is -2.44. The smallest absolute Gasteiger partial charge is 0.333 e. The first-order chi connectivity index (χ1) is 9.49. The molecule has 112 valence electrons. The third-order valence-electron chi connectivity index (χ3n) is 3.45. The van der Waals surface area contributed by atoms with Crippen molar-refractivity contribution >= 4 is 6.03 Å². The average molecular weight is 281 g/mol. The van der Waals surface area contributed by atoms with Crippen molar-refractivity contribution in [3.05, 3.63) is 16.3 Å². The molecule has 2 rings (SSSR count). The van der Waals surface area contributed by atoms with Gasteiger partial charge in [0.2, 0.25) is 0 Å². The van der Waals surface area contributed by atoms with Crippen LogP contribution in [0, 0.1) is 6.92 Å². The highest BCUT2D eigenvalue weighted by Crippen LogP contribution is 2.17. The maximum absolute atomic E-state index is 12.1. The van der Waals surface area contributed by atoms with Crippen molar-refractivity contribution in [3.8, 4) is 0 Å². The minimum absolute atomic E-state index is 0.0884. The van der Waals surface area contributed by atoms with Gasteiger partial charge in [-0.15, -0.1) is 9.78 Å². The number of carbonyl (C=O) groups is 1. The van der Waals surface area contributed by atoms with Crippen molar-refractivity contribution < 1.29 is 4.79 Å². The minimum atomic E-state index is -0.454. The molecular weight excluding hydrogens is 258 g/mol. The van der Waals surface area contributed by atoms with Crippen LogP contribution in [0.15, 0.2) is 4.79 Å². The van der Waals surface area contributed by atoms with E-state index in [0.29, 0.717) is 5.82 Å². The van der Waals surface area contributed by atoms with Gasteiger partial charge in [0.1, 0.15) is 0 Å². The van der Waals surface area contributed by atoms with Crippen LogP contribution in [0.3, 0.4) is 0 Å². The molecule has 1 aliphatic rings. The lowest BCUT2D eigenvalue weighted by molar-refractivity contribution is 0.230. The van der Waals surface area contributed by atoms with Gasteiger partial charge in [-0.3, -0.25) is 0 Å². The van der Waals surface area contributed by atoms with Crippen LogP contribution in [0.2, 0.25) is 0 Å². The summed E-state index contributed by atoms with van der Waals surface area (Å²) in [7, 11) is 0. The summed E-state index contributed by atoms with van der Waals surface area (Å²) in [6.45, 7) is 5.54. The second-order valence-electron chi connectivity index (χ2n) is 5.65. The Morgan fingerprint density at radius 2 is 1.95 bits per heavy atom. The fraction of sp³-hybridized carbons (Fsp3) is 0.769. The van der Waals surface area contributed by atoms with E-state index in [1.165, 1.54) is 11.1 Å². The molecule has 2 N–H and O–H groups in total. The van der Waals surface area contributed by atoms with Crippen LogP contribution in [0.4, 0.5) is 4.79 Å². The number of hydrogen-bond donors (Lipinski definition) is 2. The number of amides is 1. The molecule has 0 saturated heterocycles. The van der Waals surface area contributed by atoms with Crippen LogP contribution >= 0.6 is 0 Å². The summed E-state index contributed by atoms with van der Waals surface area (Å²) in [4.78, 5) is 24.3.